The van der Waals surface area contributed by atoms with Gasteiger partial charge in [0.15, 0.2) is 5.65 Å². The molecule has 0 bridgehead atoms. The maximum Gasteiger partial charge on any atom is 0.352 e. The summed E-state index contributed by atoms with van der Waals surface area (Å²) in [7, 11) is 1.63. The van der Waals surface area contributed by atoms with E-state index in [0.29, 0.717) is 11.3 Å². The molecule has 0 fully saturated rings. The Balaban J connectivity index is 1.48. The molecule has 0 aliphatic rings. The van der Waals surface area contributed by atoms with E-state index in [1.165, 1.54) is 26.7 Å². The summed E-state index contributed by atoms with van der Waals surface area (Å²) >= 11 is 1.47. The predicted octanol–water partition coefficient (Wildman–Crippen LogP) is 4.04. The number of hydrogen-bond donors (Lipinski definition) is 1. The molecule has 0 aliphatic heterocycles. The van der Waals surface area contributed by atoms with Crippen LogP contribution in [0.15, 0.2) is 59.0 Å². The maximum atomic E-state index is 12.9. The number of carbonyl (C=O) groups excluding carboxylic acids is 1. The van der Waals surface area contributed by atoms with E-state index in [2.05, 4.69) is 15.4 Å². The van der Waals surface area contributed by atoms with Gasteiger partial charge in [-0.25, -0.2) is 18.9 Å². The number of aromatic nitrogens is 4. The number of amides is 1. The summed E-state index contributed by atoms with van der Waals surface area (Å²) in [5.41, 5.74) is 5.57. The highest BCUT2D eigenvalue weighted by Crippen LogP contribution is 2.34. The van der Waals surface area contributed by atoms with Crippen LogP contribution >= 0.6 is 11.3 Å². The molecule has 166 valence electrons. The Hall–Kier alpha value is -3.98. The monoisotopic (exact) mass is 459 g/mol. The molecule has 0 aliphatic carbocycles. The molecule has 0 saturated carbocycles. The summed E-state index contributed by atoms with van der Waals surface area (Å²) in [6.45, 7) is 3.74. The van der Waals surface area contributed by atoms with Gasteiger partial charge < -0.3 is 10.1 Å². The minimum absolute atomic E-state index is 0.188. The van der Waals surface area contributed by atoms with Crippen molar-refractivity contribution in [2.24, 2.45) is 0 Å². The predicted molar refractivity (Wildman–Crippen MR) is 129 cm³/mol. The molecule has 1 amide bonds. The second-order valence-electron chi connectivity index (χ2n) is 7.80. The average Bonchev–Trinajstić information content (AvgIpc) is 3.37. The zero-order chi connectivity index (χ0) is 23.1. The van der Waals surface area contributed by atoms with Crippen molar-refractivity contribution in [3.63, 3.8) is 0 Å². The van der Waals surface area contributed by atoms with E-state index in [1.54, 1.807) is 7.11 Å². The van der Waals surface area contributed by atoms with Gasteiger partial charge in [0, 0.05) is 16.6 Å². The standard InChI is InChI=1S/C24H21N5O3S/c1-14-4-9-19(15(2)10-14)26-20(30)11-29-24(31)28-13-25-21-18(12-33-22(21)23(28)27-29)16-5-7-17(32-3)8-6-16/h4-10,12-13H,11H2,1-3H3,(H,26,30). The minimum Gasteiger partial charge on any atom is -0.497 e. The molecule has 5 aromatic rings. The molecule has 3 aromatic heterocycles. The number of thiophene rings is 1. The highest BCUT2D eigenvalue weighted by atomic mass is 32.1. The van der Waals surface area contributed by atoms with Crippen LogP contribution in [0, 0.1) is 13.8 Å². The first-order valence-corrected chi connectivity index (χ1v) is 11.2. The lowest BCUT2D eigenvalue weighted by atomic mass is 10.1. The van der Waals surface area contributed by atoms with Crippen molar-refractivity contribution < 1.29 is 9.53 Å². The first-order chi connectivity index (χ1) is 15.9. The number of methoxy groups -OCH3 is 1. The van der Waals surface area contributed by atoms with Crippen LogP contribution < -0.4 is 15.7 Å². The van der Waals surface area contributed by atoms with Crippen LogP contribution in [0.4, 0.5) is 5.69 Å². The van der Waals surface area contributed by atoms with Crippen molar-refractivity contribution >= 4 is 38.8 Å². The van der Waals surface area contributed by atoms with Crippen molar-refractivity contribution in [1.82, 2.24) is 19.2 Å². The third-order valence-corrected chi connectivity index (χ3v) is 6.46. The van der Waals surface area contributed by atoms with E-state index >= 15 is 0 Å². The summed E-state index contributed by atoms with van der Waals surface area (Å²) in [5.74, 6) is 0.458. The molecule has 33 heavy (non-hydrogen) atoms. The molecule has 9 heteroatoms. The molecule has 3 heterocycles. The Kier molecular flexibility index (Phi) is 5.18. The minimum atomic E-state index is -0.408. The maximum absolute atomic E-state index is 12.9. The van der Waals surface area contributed by atoms with E-state index in [-0.39, 0.29) is 12.5 Å². The fourth-order valence-corrected chi connectivity index (χ4v) is 4.79. The number of nitrogens with zero attached hydrogens (tertiary/aromatic N) is 4. The number of aryl methyl sites for hydroxylation is 2. The fraction of sp³-hybridized carbons (Fsp3) is 0.167. The van der Waals surface area contributed by atoms with Gasteiger partial charge in [0.2, 0.25) is 5.91 Å². The number of ether oxygens (including phenoxy) is 1. The van der Waals surface area contributed by atoms with Gasteiger partial charge in [-0.15, -0.1) is 16.4 Å². The van der Waals surface area contributed by atoms with Gasteiger partial charge in [0.1, 0.15) is 18.6 Å². The lowest BCUT2D eigenvalue weighted by Crippen LogP contribution is -2.28. The van der Waals surface area contributed by atoms with Crippen molar-refractivity contribution in [2.45, 2.75) is 20.4 Å². The molecule has 2 aromatic carbocycles. The number of rotatable bonds is 5. The van der Waals surface area contributed by atoms with Crippen LogP contribution in [0.5, 0.6) is 5.75 Å². The molecular formula is C24H21N5O3S. The number of anilines is 1. The van der Waals surface area contributed by atoms with Crippen LogP contribution in [-0.4, -0.2) is 32.2 Å². The van der Waals surface area contributed by atoms with Crippen LogP contribution in [0.3, 0.4) is 0 Å². The Bertz CT molecular complexity index is 1560. The molecule has 0 spiro atoms. The molecule has 0 radical (unpaired) electrons. The highest BCUT2D eigenvalue weighted by molar-refractivity contribution is 7.18. The van der Waals surface area contributed by atoms with E-state index in [4.69, 9.17) is 4.74 Å². The van der Waals surface area contributed by atoms with Gasteiger partial charge >= 0.3 is 5.69 Å². The van der Waals surface area contributed by atoms with Gasteiger partial charge in [0.25, 0.3) is 0 Å². The number of fused-ring (bicyclic) bond motifs is 3. The van der Waals surface area contributed by atoms with Crippen molar-refractivity contribution in [3.8, 4) is 16.9 Å². The molecule has 0 saturated heterocycles. The van der Waals surface area contributed by atoms with Gasteiger partial charge in [-0.05, 0) is 43.2 Å². The van der Waals surface area contributed by atoms with Crippen LogP contribution in [0.2, 0.25) is 0 Å². The third-order valence-electron chi connectivity index (χ3n) is 5.49. The highest BCUT2D eigenvalue weighted by Gasteiger charge is 2.17. The van der Waals surface area contributed by atoms with Gasteiger partial charge in [0.05, 0.1) is 17.3 Å². The zero-order valence-corrected chi connectivity index (χ0v) is 19.1. The normalized spacial score (nSPS) is 11.2. The fourth-order valence-electron chi connectivity index (χ4n) is 3.79. The number of carbonyl (C=O) groups is 1. The first kappa shape index (κ1) is 20.9. The van der Waals surface area contributed by atoms with Crippen molar-refractivity contribution in [3.05, 3.63) is 75.8 Å². The van der Waals surface area contributed by atoms with E-state index in [0.717, 1.165) is 38.2 Å². The van der Waals surface area contributed by atoms with E-state index in [9.17, 15) is 9.59 Å². The SMILES string of the molecule is COc1ccc(-c2csc3c2ncn2c(=O)n(CC(=O)Nc4ccc(C)cc4C)nc32)cc1. The molecule has 1 N–H and O–H groups in total. The largest absolute Gasteiger partial charge is 0.497 e. The number of benzene rings is 2. The number of hydrogen-bond acceptors (Lipinski definition) is 6. The molecule has 0 atom stereocenters. The average molecular weight is 460 g/mol. The summed E-state index contributed by atoms with van der Waals surface area (Å²) in [5, 5.41) is 9.30. The Morgan fingerprint density at radius 2 is 1.94 bits per heavy atom. The summed E-state index contributed by atoms with van der Waals surface area (Å²) in [6, 6.07) is 13.5. The lowest BCUT2D eigenvalue weighted by Gasteiger charge is -2.08. The summed E-state index contributed by atoms with van der Waals surface area (Å²) < 4.78 is 8.56. The van der Waals surface area contributed by atoms with Gasteiger partial charge in [-0.1, -0.05) is 29.8 Å². The topological polar surface area (TPSA) is 90.5 Å². The second-order valence-corrected chi connectivity index (χ2v) is 8.68. The van der Waals surface area contributed by atoms with Gasteiger partial charge in [-0.2, -0.15) is 0 Å². The summed E-state index contributed by atoms with van der Waals surface area (Å²) in [4.78, 5) is 30.0. The van der Waals surface area contributed by atoms with Gasteiger partial charge in [-0.3, -0.25) is 4.79 Å². The Labute approximate surface area is 193 Å². The first-order valence-electron chi connectivity index (χ1n) is 10.3. The lowest BCUT2D eigenvalue weighted by molar-refractivity contribution is -0.117. The van der Waals surface area contributed by atoms with Crippen LogP contribution in [0.25, 0.3) is 27.0 Å². The van der Waals surface area contributed by atoms with Crippen molar-refractivity contribution in [2.75, 3.05) is 12.4 Å². The molecular weight excluding hydrogens is 438 g/mol. The number of nitrogens with one attached hydrogen (secondary N) is 1. The second kappa shape index (κ2) is 8.18. The molecule has 0 unspecified atom stereocenters. The van der Waals surface area contributed by atoms with Crippen LogP contribution in [-0.2, 0) is 11.3 Å². The summed E-state index contributed by atoms with van der Waals surface area (Å²) in [6.07, 6.45) is 1.46. The van der Waals surface area contributed by atoms with E-state index < -0.39 is 5.69 Å². The molecule has 8 nitrogen and oxygen atoms in total. The van der Waals surface area contributed by atoms with E-state index in [1.807, 2.05) is 61.7 Å². The molecule has 5 rings (SSSR count). The van der Waals surface area contributed by atoms with Crippen LogP contribution in [0.1, 0.15) is 11.1 Å². The quantitative estimate of drug-likeness (QED) is 0.428. The van der Waals surface area contributed by atoms with Crippen molar-refractivity contribution in [1.29, 1.82) is 0 Å². The smallest absolute Gasteiger partial charge is 0.352 e. The Morgan fingerprint density at radius 3 is 2.67 bits per heavy atom. The third kappa shape index (κ3) is 3.76. The zero-order valence-electron chi connectivity index (χ0n) is 18.3. The Morgan fingerprint density at radius 1 is 1.15 bits per heavy atom.